The molecular formula is C7H8N2O2S3. The molecule has 1 rings (SSSR count). The molecule has 0 heterocycles. The average molecular weight is 248 g/mol. The lowest BCUT2D eigenvalue weighted by molar-refractivity contribution is 0.612. The summed E-state index contributed by atoms with van der Waals surface area (Å²) in [6.07, 6.45) is 0. The Bertz CT molecular complexity index is 416. The Balaban J connectivity index is 2.59. The first-order valence-electron chi connectivity index (χ1n) is 3.55. The maximum atomic E-state index is 10.6. The highest BCUT2D eigenvalue weighted by Crippen LogP contribution is 2.13. The maximum absolute atomic E-state index is 10.6. The summed E-state index contributed by atoms with van der Waals surface area (Å²) >= 11 is 4.78. The van der Waals surface area contributed by atoms with Gasteiger partial charge in [0.05, 0.1) is 10.8 Å². The van der Waals surface area contributed by atoms with Crippen LogP contribution in [0.5, 0.6) is 0 Å². The van der Waals surface area contributed by atoms with Crippen LogP contribution >= 0.6 is 23.0 Å². The number of hydrogen-bond acceptors (Lipinski definition) is 4. The zero-order valence-corrected chi connectivity index (χ0v) is 9.45. The van der Waals surface area contributed by atoms with Gasteiger partial charge in [0.25, 0.3) is 9.06 Å². The molecule has 14 heavy (non-hydrogen) atoms. The van der Waals surface area contributed by atoms with Gasteiger partial charge < -0.3 is 5.32 Å². The van der Waals surface area contributed by atoms with Gasteiger partial charge in [-0.2, -0.15) is 0 Å². The van der Waals surface area contributed by atoms with Gasteiger partial charge in [0.15, 0.2) is 4.32 Å². The van der Waals surface area contributed by atoms with Crippen LogP contribution in [0.3, 0.4) is 0 Å². The van der Waals surface area contributed by atoms with E-state index in [4.69, 9.17) is 17.4 Å². The number of benzene rings is 1. The largest absolute Gasteiger partial charge is 0.340 e. The standard InChI is InChI=1S/C7H8N2O2S3/c8-14(10,11)13-7(12)9-6-4-2-1-3-5-6/h1-5H,(H,9,12)(H2,8,10,11). The molecule has 1 aromatic rings. The molecule has 0 atom stereocenters. The minimum Gasteiger partial charge on any atom is -0.340 e. The van der Waals surface area contributed by atoms with Crippen LogP contribution in [0.25, 0.3) is 0 Å². The van der Waals surface area contributed by atoms with Crippen molar-refractivity contribution in [1.29, 1.82) is 0 Å². The van der Waals surface area contributed by atoms with Gasteiger partial charge in [-0.15, -0.1) is 0 Å². The molecule has 0 saturated carbocycles. The summed E-state index contributed by atoms with van der Waals surface area (Å²) in [4.78, 5) is 0. The van der Waals surface area contributed by atoms with Crippen LogP contribution in [0.1, 0.15) is 0 Å². The first-order valence-corrected chi connectivity index (χ1v) is 6.84. The third kappa shape index (κ3) is 4.56. The zero-order chi connectivity index (χ0) is 10.6. The van der Waals surface area contributed by atoms with Crippen LogP contribution in [0.15, 0.2) is 30.3 Å². The van der Waals surface area contributed by atoms with Crippen LogP contribution in [0.2, 0.25) is 0 Å². The first-order chi connectivity index (χ1) is 6.47. The molecule has 0 aliphatic carbocycles. The Labute approximate surface area is 91.3 Å². The van der Waals surface area contributed by atoms with Crippen molar-refractivity contribution in [2.75, 3.05) is 5.32 Å². The van der Waals surface area contributed by atoms with Gasteiger partial charge in [-0.3, -0.25) is 0 Å². The molecule has 0 unspecified atom stereocenters. The predicted molar refractivity (Wildman–Crippen MR) is 63.4 cm³/mol. The minimum atomic E-state index is -3.63. The molecule has 0 aromatic heterocycles. The fraction of sp³-hybridized carbons (Fsp3) is 0. The van der Waals surface area contributed by atoms with Crippen molar-refractivity contribution in [1.82, 2.24) is 0 Å². The number of anilines is 1. The Morgan fingerprint density at radius 1 is 1.36 bits per heavy atom. The minimum absolute atomic E-state index is 0.110. The second-order valence-electron chi connectivity index (χ2n) is 2.35. The number of nitrogens with two attached hydrogens (primary N) is 1. The molecule has 3 N–H and O–H groups in total. The molecule has 0 saturated heterocycles. The number of para-hydroxylation sites is 1. The Morgan fingerprint density at radius 2 is 1.93 bits per heavy atom. The Kier molecular flexibility index (Phi) is 3.87. The predicted octanol–water partition coefficient (Wildman–Crippen LogP) is 1.32. The molecule has 4 nitrogen and oxygen atoms in total. The van der Waals surface area contributed by atoms with Crippen molar-refractivity contribution in [3.8, 4) is 0 Å². The molecule has 0 spiro atoms. The third-order valence-electron chi connectivity index (χ3n) is 1.21. The number of thiocarbonyl (C=S) groups is 1. The monoisotopic (exact) mass is 248 g/mol. The van der Waals surface area contributed by atoms with E-state index in [9.17, 15) is 8.42 Å². The molecule has 0 radical (unpaired) electrons. The summed E-state index contributed by atoms with van der Waals surface area (Å²) in [6, 6.07) is 9.02. The Morgan fingerprint density at radius 3 is 2.43 bits per heavy atom. The quantitative estimate of drug-likeness (QED) is 0.610. The van der Waals surface area contributed by atoms with E-state index in [1.54, 1.807) is 12.1 Å². The van der Waals surface area contributed by atoms with Crippen molar-refractivity contribution in [3.63, 3.8) is 0 Å². The normalized spacial score (nSPS) is 10.9. The van der Waals surface area contributed by atoms with Crippen molar-refractivity contribution in [3.05, 3.63) is 30.3 Å². The van der Waals surface area contributed by atoms with Crippen LogP contribution in [0.4, 0.5) is 5.69 Å². The van der Waals surface area contributed by atoms with Gasteiger partial charge in [-0.05, 0) is 12.1 Å². The molecular weight excluding hydrogens is 240 g/mol. The fourth-order valence-electron chi connectivity index (χ4n) is 0.766. The van der Waals surface area contributed by atoms with E-state index in [0.717, 1.165) is 5.69 Å². The van der Waals surface area contributed by atoms with Gasteiger partial charge in [0.1, 0.15) is 0 Å². The molecule has 7 heteroatoms. The lowest BCUT2D eigenvalue weighted by atomic mass is 10.3. The van der Waals surface area contributed by atoms with E-state index in [0.29, 0.717) is 10.8 Å². The highest BCUT2D eigenvalue weighted by molar-refractivity contribution is 8.78. The molecule has 0 amide bonds. The highest BCUT2D eigenvalue weighted by atomic mass is 33.1. The molecule has 0 aliphatic heterocycles. The van der Waals surface area contributed by atoms with Crippen molar-refractivity contribution in [2.45, 2.75) is 0 Å². The topological polar surface area (TPSA) is 72.2 Å². The van der Waals surface area contributed by atoms with Gasteiger partial charge in [0.2, 0.25) is 0 Å². The second kappa shape index (κ2) is 4.74. The van der Waals surface area contributed by atoms with E-state index in [1.165, 1.54) is 0 Å². The SMILES string of the molecule is NS(=O)(=O)SC(=S)Nc1ccccc1. The average Bonchev–Trinajstić information content (AvgIpc) is 2.02. The van der Waals surface area contributed by atoms with E-state index in [1.807, 2.05) is 18.2 Å². The molecule has 0 bridgehead atoms. The van der Waals surface area contributed by atoms with Gasteiger partial charge in [0, 0.05) is 5.69 Å². The van der Waals surface area contributed by atoms with E-state index in [2.05, 4.69) is 5.32 Å². The highest BCUT2D eigenvalue weighted by Gasteiger charge is 2.08. The molecule has 0 aliphatic rings. The lowest BCUT2D eigenvalue weighted by Gasteiger charge is -2.04. The second-order valence-corrected chi connectivity index (χ2v) is 6.48. The third-order valence-corrected chi connectivity index (χ3v) is 3.56. The van der Waals surface area contributed by atoms with Crippen molar-refractivity contribution in [2.24, 2.45) is 5.14 Å². The van der Waals surface area contributed by atoms with Crippen molar-refractivity contribution >= 4 is 42.1 Å². The summed E-state index contributed by atoms with van der Waals surface area (Å²) in [7, 11) is -3.21. The van der Waals surface area contributed by atoms with Crippen LogP contribution < -0.4 is 10.5 Å². The van der Waals surface area contributed by atoms with Gasteiger partial charge in [-0.25, -0.2) is 13.6 Å². The van der Waals surface area contributed by atoms with Crippen LogP contribution in [-0.2, 0) is 9.06 Å². The van der Waals surface area contributed by atoms with Crippen LogP contribution in [0, 0.1) is 0 Å². The summed E-state index contributed by atoms with van der Waals surface area (Å²) in [5.41, 5.74) is 0.730. The lowest BCUT2D eigenvalue weighted by Crippen LogP contribution is -2.13. The van der Waals surface area contributed by atoms with E-state index < -0.39 is 9.06 Å². The zero-order valence-electron chi connectivity index (χ0n) is 7.01. The molecule has 76 valence electrons. The van der Waals surface area contributed by atoms with Crippen molar-refractivity contribution < 1.29 is 8.42 Å². The van der Waals surface area contributed by atoms with E-state index >= 15 is 0 Å². The van der Waals surface area contributed by atoms with E-state index in [-0.39, 0.29) is 4.32 Å². The van der Waals surface area contributed by atoms with Gasteiger partial charge >= 0.3 is 0 Å². The molecule has 1 aromatic carbocycles. The summed E-state index contributed by atoms with van der Waals surface area (Å²) < 4.78 is 21.4. The Hall–Kier alpha value is -0.630. The summed E-state index contributed by atoms with van der Waals surface area (Å²) in [5.74, 6) is 0. The maximum Gasteiger partial charge on any atom is 0.269 e. The number of hydrogen-bond donors (Lipinski definition) is 2. The van der Waals surface area contributed by atoms with Gasteiger partial charge in [-0.1, -0.05) is 30.4 Å². The smallest absolute Gasteiger partial charge is 0.269 e. The van der Waals surface area contributed by atoms with Crippen LogP contribution in [-0.4, -0.2) is 12.7 Å². The first kappa shape index (κ1) is 11.4. The molecule has 0 fully saturated rings. The summed E-state index contributed by atoms with van der Waals surface area (Å²) in [6.45, 7) is 0. The number of rotatable bonds is 2. The number of nitrogens with one attached hydrogen (secondary N) is 1. The summed E-state index contributed by atoms with van der Waals surface area (Å²) in [5, 5.41) is 7.53. The fourth-order valence-corrected chi connectivity index (χ4v) is 2.87.